The van der Waals surface area contributed by atoms with Crippen LogP contribution in [0.4, 0.5) is 0 Å². The number of benzene rings is 1. The van der Waals surface area contributed by atoms with E-state index in [9.17, 15) is 9.59 Å². The number of allylic oxidation sites excluding steroid dienone is 5. The number of aromatic nitrogens is 1. The van der Waals surface area contributed by atoms with E-state index in [-0.39, 0.29) is 11.9 Å². The molecule has 38 heavy (non-hydrogen) atoms. The average Bonchev–Trinajstić information content (AvgIpc) is 3.22. The van der Waals surface area contributed by atoms with Crippen molar-refractivity contribution in [2.75, 3.05) is 33.4 Å². The fourth-order valence-corrected chi connectivity index (χ4v) is 6.92. The highest BCUT2D eigenvalue weighted by Gasteiger charge is 2.35. The highest BCUT2D eigenvalue weighted by atomic mass is 16.5. The third-order valence-corrected chi connectivity index (χ3v) is 8.96. The summed E-state index contributed by atoms with van der Waals surface area (Å²) >= 11 is 0. The Balaban J connectivity index is 1.61. The second-order valence-corrected chi connectivity index (χ2v) is 11.3. The molecule has 0 radical (unpaired) electrons. The van der Waals surface area contributed by atoms with Gasteiger partial charge in [0, 0.05) is 35.1 Å². The summed E-state index contributed by atoms with van der Waals surface area (Å²) in [5, 5.41) is 1.20. The normalized spacial score (nSPS) is 22.4. The number of methoxy groups -OCH3 is 1. The molecule has 6 rings (SSSR count). The zero-order valence-electron chi connectivity index (χ0n) is 22.8. The summed E-state index contributed by atoms with van der Waals surface area (Å²) in [5.74, 6) is 0.664. The Kier molecular flexibility index (Phi) is 6.77. The molecule has 6 nitrogen and oxygen atoms in total. The van der Waals surface area contributed by atoms with Crippen LogP contribution in [0.5, 0.6) is 0 Å². The van der Waals surface area contributed by atoms with Crippen LogP contribution in [0.3, 0.4) is 0 Å². The molecule has 0 bridgehead atoms. The predicted molar refractivity (Wildman–Crippen MR) is 149 cm³/mol. The number of esters is 1. The molecule has 2 fully saturated rings. The van der Waals surface area contributed by atoms with E-state index in [0.717, 1.165) is 23.1 Å². The molecule has 1 saturated heterocycles. The van der Waals surface area contributed by atoms with E-state index in [4.69, 9.17) is 9.47 Å². The van der Waals surface area contributed by atoms with E-state index in [1.807, 2.05) is 17.0 Å². The first-order valence-corrected chi connectivity index (χ1v) is 14.2. The van der Waals surface area contributed by atoms with Crippen LogP contribution in [0.2, 0.25) is 0 Å². The number of carbonyl (C=O) groups is 2. The lowest BCUT2D eigenvalue weighted by Crippen LogP contribution is -2.42. The van der Waals surface area contributed by atoms with Crippen molar-refractivity contribution in [3.05, 3.63) is 63.9 Å². The van der Waals surface area contributed by atoms with Gasteiger partial charge in [-0.05, 0) is 66.9 Å². The zero-order chi connectivity index (χ0) is 26.4. The van der Waals surface area contributed by atoms with Gasteiger partial charge in [0.25, 0.3) is 5.91 Å². The van der Waals surface area contributed by atoms with Crippen LogP contribution in [0.15, 0.2) is 47.1 Å². The minimum atomic E-state index is -0.335. The van der Waals surface area contributed by atoms with Crippen LogP contribution >= 0.6 is 0 Å². The van der Waals surface area contributed by atoms with Crippen molar-refractivity contribution in [1.29, 1.82) is 0 Å². The number of nitrogens with zero attached hydrogens (tertiary/aromatic N) is 2. The maximum atomic E-state index is 14.0. The van der Waals surface area contributed by atoms with E-state index < -0.39 is 0 Å². The summed E-state index contributed by atoms with van der Waals surface area (Å²) in [4.78, 5) is 28.5. The van der Waals surface area contributed by atoms with Gasteiger partial charge in [0.05, 0.1) is 38.1 Å². The van der Waals surface area contributed by atoms with Crippen molar-refractivity contribution >= 4 is 28.4 Å². The largest absolute Gasteiger partial charge is 0.465 e. The first-order chi connectivity index (χ1) is 18.5. The molecule has 1 aromatic carbocycles. The minimum Gasteiger partial charge on any atom is -0.465 e. The first-order valence-electron chi connectivity index (χ1n) is 14.2. The van der Waals surface area contributed by atoms with Gasteiger partial charge in [0.15, 0.2) is 0 Å². The quantitative estimate of drug-likeness (QED) is 0.471. The molecule has 4 aliphatic rings. The molecule has 1 aromatic heterocycles. The van der Waals surface area contributed by atoms with Crippen LogP contribution in [0.1, 0.15) is 79.9 Å². The molecule has 2 aliphatic carbocycles. The van der Waals surface area contributed by atoms with Crippen LogP contribution in [-0.4, -0.2) is 54.8 Å². The Hall–Kier alpha value is -3.12. The standard InChI is InChI=1S/C32H38N2O4/c1-20-9-11-24-21(2)27(31(35)33-13-15-38-16-14-33)19-34-28-18-23(32(36)37-3)10-12-25(28)29(30(34)26(24)17-20)22-7-5-4-6-8-22/h10-12,17-18,20,22H,4-9,13-16,19H2,1-3H3. The van der Waals surface area contributed by atoms with Crippen molar-refractivity contribution in [3.63, 3.8) is 0 Å². The van der Waals surface area contributed by atoms with Crippen molar-refractivity contribution in [2.24, 2.45) is 5.92 Å². The minimum absolute atomic E-state index is 0.0997. The summed E-state index contributed by atoms with van der Waals surface area (Å²) < 4.78 is 13.0. The molecule has 2 aromatic rings. The van der Waals surface area contributed by atoms with Crippen LogP contribution in [0.25, 0.3) is 16.5 Å². The molecule has 1 amide bonds. The van der Waals surface area contributed by atoms with E-state index in [0.29, 0.717) is 50.2 Å². The van der Waals surface area contributed by atoms with E-state index in [1.54, 1.807) is 0 Å². The molecule has 0 N–H and O–H groups in total. The maximum Gasteiger partial charge on any atom is 0.337 e. The van der Waals surface area contributed by atoms with E-state index >= 15 is 0 Å². The molecule has 2 aliphatic heterocycles. The lowest BCUT2D eigenvalue weighted by Gasteiger charge is -2.28. The van der Waals surface area contributed by atoms with Crippen molar-refractivity contribution in [3.8, 4) is 0 Å². The number of carbonyl (C=O) groups excluding carboxylic acids is 2. The number of morpholine rings is 1. The molecule has 1 saturated carbocycles. The van der Waals surface area contributed by atoms with E-state index in [1.165, 1.54) is 67.0 Å². The lowest BCUT2D eigenvalue weighted by atomic mass is 9.79. The Bertz CT molecular complexity index is 1380. The summed E-state index contributed by atoms with van der Waals surface area (Å²) in [5.41, 5.74) is 8.58. The third kappa shape index (κ3) is 4.23. The Labute approximate surface area is 225 Å². The molecule has 6 heteroatoms. The smallest absolute Gasteiger partial charge is 0.337 e. The summed E-state index contributed by atoms with van der Waals surface area (Å²) in [6.45, 7) is 7.28. The molecular formula is C32H38N2O4. The van der Waals surface area contributed by atoms with Crippen molar-refractivity contribution in [1.82, 2.24) is 9.47 Å². The summed E-state index contributed by atoms with van der Waals surface area (Å²) in [7, 11) is 1.43. The fraction of sp³-hybridized carbons (Fsp3) is 0.500. The summed E-state index contributed by atoms with van der Waals surface area (Å²) in [6.07, 6.45) is 11.9. The molecule has 1 unspecified atom stereocenters. The van der Waals surface area contributed by atoms with Gasteiger partial charge in [-0.1, -0.05) is 44.4 Å². The second-order valence-electron chi connectivity index (χ2n) is 11.3. The van der Waals surface area contributed by atoms with Crippen molar-refractivity contribution in [2.45, 2.75) is 64.8 Å². The Morgan fingerprint density at radius 2 is 1.82 bits per heavy atom. The molecule has 200 valence electrons. The number of rotatable bonds is 3. The topological polar surface area (TPSA) is 60.8 Å². The molecule has 3 heterocycles. The average molecular weight is 515 g/mol. The van der Waals surface area contributed by atoms with Gasteiger partial charge < -0.3 is 18.9 Å². The van der Waals surface area contributed by atoms with Crippen molar-refractivity contribution < 1.29 is 19.1 Å². The number of hydrogen-bond acceptors (Lipinski definition) is 4. The first kappa shape index (κ1) is 25.2. The number of fused-ring (bicyclic) bond motifs is 5. The number of amides is 1. The highest BCUT2D eigenvalue weighted by molar-refractivity contribution is 6.03. The second kappa shape index (κ2) is 10.2. The molecular weight excluding hydrogens is 476 g/mol. The zero-order valence-corrected chi connectivity index (χ0v) is 22.8. The van der Waals surface area contributed by atoms with Gasteiger partial charge in [0.2, 0.25) is 0 Å². The Morgan fingerprint density at radius 1 is 1.05 bits per heavy atom. The monoisotopic (exact) mass is 514 g/mol. The van der Waals surface area contributed by atoms with Gasteiger partial charge in [-0.2, -0.15) is 0 Å². The van der Waals surface area contributed by atoms with Crippen LogP contribution in [-0.2, 0) is 20.8 Å². The van der Waals surface area contributed by atoms with Gasteiger partial charge in [-0.3, -0.25) is 4.79 Å². The van der Waals surface area contributed by atoms with Crippen LogP contribution in [0, 0.1) is 5.92 Å². The Morgan fingerprint density at radius 3 is 2.55 bits per heavy atom. The van der Waals surface area contributed by atoms with Crippen LogP contribution < -0.4 is 0 Å². The highest BCUT2D eigenvalue weighted by Crippen LogP contribution is 2.48. The number of ether oxygens (including phenoxy) is 2. The third-order valence-electron chi connectivity index (χ3n) is 8.96. The van der Waals surface area contributed by atoms with Gasteiger partial charge in [0.1, 0.15) is 0 Å². The number of hydrogen-bond donors (Lipinski definition) is 0. The SMILES string of the molecule is COC(=O)c1ccc2c(C3CCCCC3)c3n(c2c1)CC(C(=O)N1CCOCC1)=C(C)C1=CCC(C)C=C13. The van der Waals surface area contributed by atoms with Gasteiger partial charge in [-0.15, -0.1) is 0 Å². The van der Waals surface area contributed by atoms with Gasteiger partial charge >= 0.3 is 5.97 Å². The maximum absolute atomic E-state index is 14.0. The predicted octanol–water partition coefficient (Wildman–Crippen LogP) is 6.01. The lowest BCUT2D eigenvalue weighted by molar-refractivity contribution is -0.131. The molecule has 1 atom stereocenters. The fourth-order valence-electron chi connectivity index (χ4n) is 6.92. The summed E-state index contributed by atoms with van der Waals surface area (Å²) in [6, 6.07) is 5.99. The van der Waals surface area contributed by atoms with E-state index in [2.05, 4.69) is 36.6 Å². The van der Waals surface area contributed by atoms with Gasteiger partial charge in [-0.25, -0.2) is 4.79 Å². The molecule has 0 spiro atoms.